The van der Waals surface area contributed by atoms with Gasteiger partial charge in [0.25, 0.3) is 20.2 Å². The third-order valence-electron chi connectivity index (χ3n) is 7.22. The summed E-state index contributed by atoms with van der Waals surface area (Å²) in [6, 6.07) is 9.47. The first-order chi connectivity index (χ1) is 22.7. The summed E-state index contributed by atoms with van der Waals surface area (Å²) in [5, 5.41) is 11.2. The number of hydrogen-bond donors (Lipinski definition) is 2. The monoisotopic (exact) mass is 710 g/mol. The molecule has 0 fully saturated rings. The van der Waals surface area contributed by atoms with Gasteiger partial charge in [0, 0.05) is 42.1 Å². The Labute approximate surface area is 276 Å². The smallest absolute Gasteiger partial charge is 0.329 e. The predicted molar refractivity (Wildman–Crippen MR) is 170 cm³/mol. The van der Waals surface area contributed by atoms with E-state index in [2.05, 4.69) is 13.7 Å². The molecule has 260 valence electrons. The molecule has 4 rings (SSSR count). The zero-order valence-corrected chi connectivity index (χ0v) is 27.7. The molecule has 18 heteroatoms. The molecule has 3 aromatic rings. The van der Waals surface area contributed by atoms with E-state index in [1.54, 1.807) is 30.3 Å². The first kappa shape index (κ1) is 36.5. The number of rotatable bonds is 18. The summed E-state index contributed by atoms with van der Waals surface area (Å²) in [5.74, 6) is -2.47. The van der Waals surface area contributed by atoms with E-state index in [0.717, 1.165) is 14.2 Å². The minimum atomic E-state index is -3.80. The van der Waals surface area contributed by atoms with E-state index in [1.807, 2.05) is 0 Å². The molecule has 16 nitrogen and oxygen atoms in total. The van der Waals surface area contributed by atoms with Crippen molar-refractivity contribution in [1.82, 2.24) is 5.32 Å². The summed E-state index contributed by atoms with van der Waals surface area (Å²) in [4.78, 5) is 51.3. The van der Waals surface area contributed by atoms with Crippen LogP contribution in [0.3, 0.4) is 0 Å². The van der Waals surface area contributed by atoms with Crippen LogP contribution in [0.5, 0.6) is 11.5 Å². The quantitative estimate of drug-likeness (QED) is 0.138. The molecule has 0 saturated heterocycles. The van der Waals surface area contributed by atoms with E-state index in [4.69, 9.17) is 19.3 Å². The molecule has 0 aromatic heterocycles. The summed E-state index contributed by atoms with van der Waals surface area (Å²) < 4.78 is 72.0. The molecule has 0 radical (unpaired) electrons. The Morgan fingerprint density at radius 2 is 1.42 bits per heavy atom. The maximum atomic E-state index is 13.8. The highest BCUT2D eigenvalue weighted by atomic mass is 32.2. The number of aliphatic carboxylic acids is 1. The van der Waals surface area contributed by atoms with Crippen LogP contribution in [0.25, 0.3) is 22.3 Å². The first-order valence-corrected chi connectivity index (χ1v) is 17.7. The molecular weight excluding hydrogens is 676 g/mol. The summed E-state index contributed by atoms with van der Waals surface area (Å²) in [6.45, 7) is -1.07. The molecule has 1 aliphatic heterocycles. The van der Waals surface area contributed by atoms with Gasteiger partial charge in [0.05, 0.1) is 33.1 Å². The number of fused-ring (bicyclic) bond motifs is 5. The van der Waals surface area contributed by atoms with Crippen molar-refractivity contribution in [3.8, 4) is 33.8 Å². The third kappa shape index (κ3) is 9.60. The van der Waals surface area contributed by atoms with Gasteiger partial charge >= 0.3 is 5.97 Å². The second kappa shape index (κ2) is 15.7. The zero-order valence-electron chi connectivity index (χ0n) is 26.1. The molecule has 0 aliphatic carbocycles. The SMILES string of the molecule is COS(=O)(=O)CCOc1ccc2c(c1)CN(C(=O)CCC(=O)NCCOCC(=O)O)c1cc(OCCS(=O)(=O)OC)ccc1-c1c-2c1=O. The van der Waals surface area contributed by atoms with Gasteiger partial charge in [0.1, 0.15) is 42.8 Å². The normalized spacial score (nSPS) is 12.8. The van der Waals surface area contributed by atoms with Gasteiger partial charge < -0.3 is 29.5 Å². The molecule has 2 amide bonds. The van der Waals surface area contributed by atoms with Crippen LogP contribution in [0, 0.1) is 0 Å². The minimum Gasteiger partial charge on any atom is -0.492 e. The van der Waals surface area contributed by atoms with E-state index in [1.165, 1.54) is 11.0 Å². The van der Waals surface area contributed by atoms with Crippen molar-refractivity contribution in [2.45, 2.75) is 19.4 Å². The van der Waals surface area contributed by atoms with Crippen LogP contribution < -0.4 is 25.1 Å². The fraction of sp³-hybridized carbons (Fsp3) is 0.400. The Balaban J connectivity index is 1.61. The fourth-order valence-electron chi connectivity index (χ4n) is 4.79. The number of hydrogen-bond acceptors (Lipinski definition) is 13. The van der Waals surface area contributed by atoms with E-state index in [-0.39, 0.29) is 68.4 Å². The van der Waals surface area contributed by atoms with Crippen LogP contribution in [0.4, 0.5) is 5.69 Å². The van der Waals surface area contributed by atoms with Gasteiger partial charge in [-0.05, 0) is 35.4 Å². The Hall–Kier alpha value is -4.36. The third-order valence-corrected chi connectivity index (χ3v) is 9.57. The molecule has 48 heavy (non-hydrogen) atoms. The molecule has 0 atom stereocenters. The van der Waals surface area contributed by atoms with Crippen molar-refractivity contribution < 1.29 is 58.9 Å². The van der Waals surface area contributed by atoms with E-state index in [0.29, 0.717) is 27.8 Å². The second-order valence-corrected chi connectivity index (χ2v) is 14.1. The van der Waals surface area contributed by atoms with Crippen molar-refractivity contribution in [2.24, 2.45) is 0 Å². The van der Waals surface area contributed by atoms with Crippen LogP contribution in [0.2, 0.25) is 0 Å². The lowest BCUT2D eigenvalue weighted by Crippen LogP contribution is -2.33. The van der Waals surface area contributed by atoms with Crippen molar-refractivity contribution >= 4 is 43.7 Å². The van der Waals surface area contributed by atoms with E-state index >= 15 is 0 Å². The highest BCUT2D eigenvalue weighted by molar-refractivity contribution is 7.86. The largest absolute Gasteiger partial charge is 0.492 e. The Kier molecular flexibility index (Phi) is 11.9. The number of carboxylic acid groups (broad SMARTS) is 1. The minimum absolute atomic E-state index is 0.0349. The average Bonchev–Trinajstić information content (AvgIpc) is 3.70. The number of benzene rings is 2. The van der Waals surface area contributed by atoms with Crippen molar-refractivity contribution in [1.29, 1.82) is 0 Å². The number of nitrogens with zero attached hydrogens (tertiary/aromatic N) is 1. The molecular formula is C30H34N2O14S2. The maximum absolute atomic E-state index is 13.8. The van der Waals surface area contributed by atoms with E-state index < -0.39 is 56.1 Å². The highest BCUT2D eigenvalue weighted by Crippen LogP contribution is 2.46. The second-order valence-electron chi connectivity index (χ2n) is 10.4. The zero-order chi connectivity index (χ0) is 35.1. The van der Waals surface area contributed by atoms with Gasteiger partial charge in [0.15, 0.2) is 5.43 Å². The molecule has 0 saturated carbocycles. The number of amides is 2. The van der Waals surface area contributed by atoms with Crippen molar-refractivity contribution in [2.75, 3.05) is 63.6 Å². The molecule has 2 N–H and O–H groups in total. The van der Waals surface area contributed by atoms with Crippen LogP contribution in [-0.2, 0) is 54.3 Å². The summed E-state index contributed by atoms with van der Waals surface area (Å²) in [7, 11) is -5.50. The summed E-state index contributed by atoms with van der Waals surface area (Å²) in [5.41, 5.74) is 2.37. The number of carboxylic acids is 1. The van der Waals surface area contributed by atoms with Gasteiger partial charge in [-0.3, -0.25) is 22.7 Å². The van der Waals surface area contributed by atoms with Crippen LogP contribution >= 0.6 is 0 Å². The number of anilines is 1. The molecule has 1 heterocycles. The number of carbonyl (C=O) groups is 3. The molecule has 0 spiro atoms. The standard InChI is InChI=1S/C30H34N2O14S2/c1-42-47(38,39)13-11-45-20-3-5-22-19(15-20)17-32(26(34)8-7-25(33)31-9-10-44-18-27(35)36)24-16-21(46-12-14-48(40,41)43-2)4-6-23(24)29-28(22)30(29)37/h3-6,15-16H,7-14,17-18H2,1-2H3,(H,31,33)(H,35,36). The van der Waals surface area contributed by atoms with Crippen molar-refractivity contribution in [3.05, 3.63) is 52.2 Å². The van der Waals surface area contributed by atoms with Gasteiger partial charge in [-0.15, -0.1) is 0 Å². The number of nitrogens with one attached hydrogen (secondary N) is 1. The highest BCUT2D eigenvalue weighted by Gasteiger charge is 2.35. The maximum Gasteiger partial charge on any atom is 0.329 e. The Morgan fingerprint density at radius 1 is 0.833 bits per heavy atom. The average molecular weight is 711 g/mol. The lowest BCUT2D eigenvalue weighted by Gasteiger charge is -2.28. The first-order valence-electron chi connectivity index (χ1n) is 14.5. The van der Waals surface area contributed by atoms with Crippen LogP contribution in [0.15, 0.2) is 41.2 Å². The Morgan fingerprint density at radius 3 is 2.02 bits per heavy atom. The summed E-state index contributed by atoms with van der Waals surface area (Å²) in [6.07, 6.45) is -0.468. The predicted octanol–water partition coefficient (Wildman–Crippen LogP) is 0.811. The lowest BCUT2D eigenvalue weighted by atomic mass is 9.98. The molecule has 0 bridgehead atoms. The lowest BCUT2D eigenvalue weighted by molar-refractivity contribution is -0.142. The van der Waals surface area contributed by atoms with Gasteiger partial charge in [0.2, 0.25) is 11.8 Å². The van der Waals surface area contributed by atoms with Gasteiger partial charge in [-0.1, -0.05) is 6.07 Å². The number of ether oxygens (including phenoxy) is 3. The van der Waals surface area contributed by atoms with Crippen LogP contribution in [-0.4, -0.2) is 98.4 Å². The summed E-state index contributed by atoms with van der Waals surface area (Å²) >= 11 is 0. The number of carbonyl (C=O) groups excluding carboxylic acids is 2. The van der Waals surface area contributed by atoms with Gasteiger partial charge in [-0.2, -0.15) is 16.8 Å². The molecule has 0 unspecified atom stereocenters. The molecule has 1 aliphatic rings. The Bertz CT molecular complexity index is 1900. The fourth-order valence-corrected chi connectivity index (χ4v) is 5.70. The molecule has 3 aromatic carbocycles. The topological polar surface area (TPSA) is 218 Å². The van der Waals surface area contributed by atoms with Gasteiger partial charge in [-0.25, -0.2) is 4.79 Å². The van der Waals surface area contributed by atoms with E-state index in [9.17, 15) is 36.0 Å². The van der Waals surface area contributed by atoms with Crippen molar-refractivity contribution in [3.63, 3.8) is 0 Å². The van der Waals surface area contributed by atoms with Crippen LogP contribution in [0.1, 0.15) is 18.4 Å².